The zero-order chi connectivity index (χ0) is 27.6. The van der Waals surface area contributed by atoms with Gasteiger partial charge in [0.25, 0.3) is 11.7 Å². The van der Waals surface area contributed by atoms with Crippen LogP contribution in [0, 0.1) is 13.8 Å². The van der Waals surface area contributed by atoms with Gasteiger partial charge in [-0.3, -0.25) is 9.59 Å². The van der Waals surface area contributed by atoms with Crippen LogP contribution in [0.3, 0.4) is 0 Å². The van der Waals surface area contributed by atoms with E-state index >= 15 is 0 Å². The number of hydrogen-bond donors (Lipinski definition) is 1. The van der Waals surface area contributed by atoms with Crippen molar-refractivity contribution in [2.75, 3.05) is 25.1 Å². The van der Waals surface area contributed by atoms with Gasteiger partial charge >= 0.3 is 0 Å². The number of nitrogens with zero attached hydrogens (tertiary/aromatic N) is 2. The maximum absolute atomic E-state index is 13.5. The average Bonchev–Trinajstić information content (AvgIpc) is 3.16. The summed E-state index contributed by atoms with van der Waals surface area (Å²) in [6.45, 7) is 10.2. The van der Waals surface area contributed by atoms with Crippen LogP contribution in [0.2, 0.25) is 0 Å². The number of anilines is 1. The molecule has 1 heterocycles. The van der Waals surface area contributed by atoms with Crippen LogP contribution < -0.4 is 9.64 Å². The minimum Gasteiger partial charge on any atom is -0.507 e. The van der Waals surface area contributed by atoms with Crippen LogP contribution in [0.1, 0.15) is 47.7 Å². The molecule has 198 valence electrons. The first kappa shape index (κ1) is 27.5. The Morgan fingerprint density at radius 2 is 1.68 bits per heavy atom. The molecule has 0 radical (unpaired) electrons. The van der Waals surface area contributed by atoms with Crippen molar-refractivity contribution >= 4 is 39.1 Å². The van der Waals surface area contributed by atoms with Gasteiger partial charge in [0, 0.05) is 30.9 Å². The number of aliphatic hydroxyl groups excluding tert-OH is 1. The molecular formula is C31H33BrN2O4. The van der Waals surface area contributed by atoms with Crippen molar-refractivity contribution in [3.63, 3.8) is 0 Å². The second-order valence-corrected chi connectivity index (χ2v) is 10.3. The molecule has 1 aliphatic rings. The van der Waals surface area contributed by atoms with Crippen molar-refractivity contribution in [1.82, 2.24) is 4.90 Å². The molecular weight excluding hydrogens is 544 g/mol. The zero-order valence-electron chi connectivity index (χ0n) is 22.4. The minimum absolute atomic E-state index is 0.0768. The van der Waals surface area contributed by atoms with Gasteiger partial charge in [-0.15, -0.1) is 0 Å². The smallest absolute Gasteiger partial charge is 0.295 e. The maximum Gasteiger partial charge on any atom is 0.295 e. The topological polar surface area (TPSA) is 70.1 Å². The van der Waals surface area contributed by atoms with Crippen molar-refractivity contribution < 1.29 is 19.4 Å². The van der Waals surface area contributed by atoms with E-state index in [2.05, 4.69) is 34.7 Å². The Hall–Kier alpha value is -3.58. The number of carbonyl (C=O) groups is 2. The van der Waals surface area contributed by atoms with Gasteiger partial charge in [0.1, 0.15) is 11.5 Å². The lowest BCUT2D eigenvalue weighted by molar-refractivity contribution is -0.140. The molecule has 6 nitrogen and oxygen atoms in total. The van der Waals surface area contributed by atoms with Crippen molar-refractivity contribution in [1.29, 1.82) is 0 Å². The van der Waals surface area contributed by atoms with Crippen LogP contribution in [0.4, 0.5) is 5.69 Å². The molecule has 0 aliphatic carbocycles. The van der Waals surface area contributed by atoms with Gasteiger partial charge in [0.05, 0.1) is 23.2 Å². The number of ketones is 1. The highest BCUT2D eigenvalue weighted by atomic mass is 79.9. The number of amides is 1. The van der Waals surface area contributed by atoms with Crippen LogP contribution in [-0.2, 0) is 16.1 Å². The molecule has 1 atom stereocenters. The number of halogens is 1. The van der Waals surface area contributed by atoms with E-state index in [-0.39, 0.29) is 17.9 Å². The van der Waals surface area contributed by atoms with Crippen molar-refractivity contribution in [3.8, 4) is 5.75 Å². The number of hydrogen-bond acceptors (Lipinski definition) is 5. The first-order valence-corrected chi connectivity index (χ1v) is 13.5. The fraction of sp³-hybridized carbons (Fsp3) is 0.290. The summed E-state index contributed by atoms with van der Waals surface area (Å²) in [5.41, 5.74) is 5.39. The molecule has 3 aromatic carbocycles. The molecule has 1 saturated heterocycles. The summed E-state index contributed by atoms with van der Waals surface area (Å²) >= 11 is 3.45. The molecule has 3 aromatic rings. The third kappa shape index (κ3) is 5.20. The van der Waals surface area contributed by atoms with Crippen LogP contribution >= 0.6 is 15.9 Å². The first-order valence-electron chi connectivity index (χ1n) is 12.7. The normalized spacial score (nSPS) is 16.7. The molecule has 0 bridgehead atoms. The Morgan fingerprint density at radius 1 is 1.00 bits per heavy atom. The summed E-state index contributed by atoms with van der Waals surface area (Å²) in [5, 5.41) is 11.4. The van der Waals surface area contributed by atoms with Gasteiger partial charge in [-0.25, -0.2) is 0 Å². The van der Waals surface area contributed by atoms with Crippen molar-refractivity contribution in [2.24, 2.45) is 0 Å². The Kier molecular flexibility index (Phi) is 8.26. The summed E-state index contributed by atoms with van der Waals surface area (Å²) in [6.07, 6.45) is 0. The van der Waals surface area contributed by atoms with Gasteiger partial charge in [0.2, 0.25) is 0 Å². The highest BCUT2D eigenvalue weighted by Gasteiger charge is 2.46. The van der Waals surface area contributed by atoms with Gasteiger partial charge in [-0.2, -0.15) is 0 Å². The van der Waals surface area contributed by atoms with Crippen LogP contribution in [-0.4, -0.2) is 41.9 Å². The lowest BCUT2D eigenvalue weighted by atomic mass is 9.94. The number of aliphatic hydroxyl groups is 1. The highest BCUT2D eigenvalue weighted by Crippen LogP contribution is 2.41. The number of benzene rings is 3. The summed E-state index contributed by atoms with van der Waals surface area (Å²) < 4.78 is 5.94. The van der Waals surface area contributed by atoms with E-state index in [1.807, 2.05) is 56.3 Å². The molecule has 1 fully saturated rings. The fourth-order valence-electron chi connectivity index (χ4n) is 4.97. The number of Topliss-reactive ketones (excluding diaryl/α,β-unsaturated/α-hetero) is 1. The standard InChI is InChI=1S/C31H33BrN2O4/c1-6-33(7-2)24-13-10-21(11-14-24)28-27(29(35)22-12-15-26(38-5)25(32)17-22)30(36)31(37)34(28)18-23-16-19(3)8-9-20(23)4/h8-17,28,35H,6-7,18H2,1-5H3/b29-27-. The van der Waals surface area contributed by atoms with E-state index in [1.54, 1.807) is 30.2 Å². The molecule has 4 rings (SSSR count). The molecule has 0 spiro atoms. The molecule has 1 aliphatic heterocycles. The summed E-state index contributed by atoms with van der Waals surface area (Å²) in [6, 6.07) is 18.3. The van der Waals surface area contributed by atoms with Gasteiger partial charge in [-0.1, -0.05) is 35.9 Å². The van der Waals surface area contributed by atoms with Crippen molar-refractivity contribution in [2.45, 2.75) is 40.3 Å². The Morgan fingerprint density at radius 3 is 2.29 bits per heavy atom. The third-order valence-electron chi connectivity index (χ3n) is 7.15. The van der Waals surface area contributed by atoms with E-state index in [4.69, 9.17) is 4.74 Å². The van der Waals surface area contributed by atoms with Crippen LogP contribution in [0.15, 0.2) is 70.7 Å². The van der Waals surface area contributed by atoms with Crippen LogP contribution in [0.25, 0.3) is 5.76 Å². The second-order valence-electron chi connectivity index (χ2n) is 9.47. The van der Waals surface area contributed by atoms with E-state index in [9.17, 15) is 14.7 Å². The summed E-state index contributed by atoms with van der Waals surface area (Å²) in [4.78, 5) is 30.7. The SMILES string of the molecule is CCN(CC)c1ccc(C2/C(=C(/O)c3ccc(OC)c(Br)c3)C(=O)C(=O)N2Cc2cc(C)ccc2C)cc1. The highest BCUT2D eigenvalue weighted by molar-refractivity contribution is 9.10. The van der Waals surface area contributed by atoms with Crippen LogP contribution in [0.5, 0.6) is 5.75 Å². The molecule has 0 aromatic heterocycles. The molecule has 1 amide bonds. The number of methoxy groups -OCH3 is 1. The largest absolute Gasteiger partial charge is 0.507 e. The third-order valence-corrected chi connectivity index (χ3v) is 7.77. The van der Waals surface area contributed by atoms with E-state index in [0.29, 0.717) is 15.8 Å². The predicted molar refractivity (Wildman–Crippen MR) is 154 cm³/mol. The molecule has 1 N–H and O–H groups in total. The molecule has 0 saturated carbocycles. The molecule has 38 heavy (non-hydrogen) atoms. The van der Waals surface area contributed by atoms with Gasteiger partial charge in [-0.05, 0) is 90.6 Å². The average molecular weight is 578 g/mol. The number of aryl methyl sites for hydroxylation is 2. The maximum atomic E-state index is 13.5. The quantitative estimate of drug-likeness (QED) is 0.187. The number of rotatable bonds is 8. The van der Waals surface area contributed by atoms with E-state index in [1.165, 1.54) is 0 Å². The molecule has 1 unspecified atom stereocenters. The number of ether oxygens (including phenoxy) is 1. The number of carbonyl (C=O) groups excluding carboxylic acids is 2. The van der Waals surface area contributed by atoms with E-state index < -0.39 is 17.7 Å². The Balaban J connectivity index is 1.86. The fourth-order valence-corrected chi connectivity index (χ4v) is 5.51. The Bertz CT molecular complexity index is 1390. The lowest BCUT2D eigenvalue weighted by Gasteiger charge is -2.27. The Labute approximate surface area is 232 Å². The molecule has 7 heteroatoms. The van der Waals surface area contributed by atoms with Gasteiger partial charge < -0.3 is 19.6 Å². The second kappa shape index (κ2) is 11.4. The first-order chi connectivity index (χ1) is 18.2. The summed E-state index contributed by atoms with van der Waals surface area (Å²) in [7, 11) is 1.56. The number of likely N-dealkylation sites (tertiary alicyclic amines) is 1. The zero-order valence-corrected chi connectivity index (χ0v) is 24.0. The lowest BCUT2D eigenvalue weighted by Crippen LogP contribution is -2.29. The van der Waals surface area contributed by atoms with Gasteiger partial charge in [0.15, 0.2) is 0 Å². The van der Waals surface area contributed by atoms with E-state index in [0.717, 1.165) is 41.0 Å². The van der Waals surface area contributed by atoms with Crippen molar-refractivity contribution in [3.05, 3.63) is 98.5 Å². The minimum atomic E-state index is -0.735. The predicted octanol–water partition coefficient (Wildman–Crippen LogP) is 6.54. The monoisotopic (exact) mass is 576 g/mol. The summed E-state index contributed by atoms with van der Waals surface area (Å²) in [5.74, 6) is -0.941.